The van der Waals surface area contributed by atoms with Crippen molar-refractivity contribution in [3.63, 3.8) is 0 Å². The Balaban J connectivity index is 0.728. The molecule has 4 N–H and O–H groups in total. The van der Waals surface area contributed by atoms with Crippen molar-refractivity contribution in [2.45, 2.75) is 0 Å². The average molecular weight is 787 g/mol. The number of benzene rings is 4. The molecule has 0 saturated heterocycles. The molecule has 0 atom stereocenters. The van der Waals surface area contributed by atoms with Crippen molar-refractivity contribution >= 4 is 21.9 Å². The molecule has 0 aliphatic heterocycles. The van der Waals surface area contributed by atoms with Gasteiger partial charge in [0.05, 0.1) is 66.1 Å². The first-order valence-electron chi connectivity index (χ1n) is 18.1. The van der Waals surface area contributed by atoms with Crippen molar-refractivity contribution < 1.29 is 62.4 Å². The summed E-state index contributed by atoms with van der Waals surface area (Å²) in [5.41, 5.74) is 0.600. The minimum absolute atomic E-state index is 0.00673. The van der Waals surface area contributed by atoms with Crippen molar-refractivity contribution in [3.05, 3.63) is 105 Å². The molecule has 0 amide bonds. The molecular formula is C42H42O15. The van der Waals surface area contributed by atoms with Gasteiger partial charge in [-0.05, 0) is 48.5 Å². The van der Waals surface area contributed by atoms with E-state index in [0.717, 1.165) is 12.1 Å². The van der Waals surface area contributed by atoms with Gasteiger partial charge in [-0.15, -0.1) is 0 Å². The standard InChI is InChI=1S/C42H42O15/c43-29-21-33(45)41-35(47)25-37(56-39(41)23-29)27-1-5-31(6-2-27)54-19-17-52-15-13-50-11-9-49-10-12-51-14-16-53-18-20-55-32-7-3-28(4-8-32)38-26-36(48)42-34(46)22-30(44)24-40(42)57-38/h1-8,21-26,43-46H,9-20H2. The number of rotatable bonds is 22. The molecule has 0 aliphatic rings. The number of ether oxygens (including phenoxy) is 7. The SMILES string of the molecule is O=c1cc(-c2ccc(OCCOCCOCCOCCOCCOCCOc3ccc(-c4cc(=O)c5c(O)cc(O)cc5o4)cc3)cc2)oc2cc(O)cc(O)c12. The van der Waals surface area contributed by atoms with E-state index in [1.54, 1.807) is 48.5 Å². The van der Waals surface area contributed by atoms with Gasteiger partial charge in [-0.25, -0.2) is 0 Å². The molecule has 6 aromatic rings. The van der Waals surface area contributed by atoms with Crippen LogP contribution in [0.25, 0.3) is 44.6 Å². The molecule has 0 saturated carbocycles. The number of fused-ring (bicyclic) bond motifs is 2. The van der Waals surface area contributed by atoms with Crippen LogP contribution in [0.2, 0.25) is 0 Å². The Morgan fingerprint density at radius 2 is 0.719 bits per heavy atom. The number of hydrogen-bond acceptors (Lipinski definition) is 15. The predicted molar refractivity (Wildman–Crippen MR) is 208 cm³/mol. The van der Waals surface area contributed by atoms with Crippen LogP contribution in [0.3, 0.4) is 0 Å². The normalized spacial score (nSPS) is 11.4. The van der Waals surface area contributed by atoms with Gasteiger partial charge in [-0.1, -0.05) is 0 Å². The zero-order valence-electron chi connectivity index (χ0n) is 30.8. The summed E-state index contributed by atoms with van der Waals surface area (Å²) in [6.07, 6.45) is 0. The van der Waals surface area contributed by atoms with E-state index in [9.17, 15) is 30.0 Å². The van der Waals surface area contributed by atoms with Gasteiger partial charge in [0.1, 0.15) is 81.2 Å². The minimum atomic E-state index is -0.419. The lowest BCUT2D eigenvalue weighted by Crippen LogP contribution is -2.15. The van der Waals surface area contributed by atoms with Crippen LogP contribution in [0.15, 0.2) is 103 Å². The summed E-state index contributed by atoms with van der Waals surface area (Å²) in [6, 6.07) is 21.3. The van der Waals surface area contributed by atoms with Crippen LogP contribution in [0.1, 0.15) is 0 Å². The summed E-state index contributed by atoms with van der Waals surface area (Å²) < 4.78 is 50.5. The van der Waals surface area contributed by atoms with E-state index < -0.39 is 10.9 Å². The summed E-state index contributed by atoms with van der Waals surface area (Å²) in [5.74, 6) is 0.716. The second-order valence-corrected chi connectivity index (χ2v) is 12.4. The van der Waals surface area contributed by atoms with Crippen molar-refractivity contribution in [1.82, 2.24) is 0 Å². The molecule has 0 spiro atoms. The highest BCUT2D eigenvalue weighted by atomic mass is 16.6. The van der Waals surface area contributed by atoms with E-state index in [4.69, 9.17) is 42.0 Å². The highest BCUT2D eigenvalue weighted by Crippen LogP contribution is 2.32. The van der Waals surface area contributed by atoms with Crippen molar-refractivity contribution in [2.75, 3.05) is 79.3 Å². The summed E-state index contributed by atoms with van der Waals surface area (Å²) in [5, 5.41) is 39.4. The average Bonchev–Trinajstić information content (AvgIpc) is 3.18. The van der Waals surface area contributed by atoms with E-state index in [2.05, 4.69) is 0 Å². The Kier molecular flexibility index (Phi) is 14.4. The highest BCUT2D eigenvalue weighted by Gasteiger charge is 2.14. The monoisotopic (exact) mass is 786 g/mol. The number of hydrogen-bond donors (Lipinski definition) is 4. The lowest BCUT2D eigenvalue weighted by atomic mass is 10.1. The molecule has 2 heterocycles. The first-order chi connectivity index (χ1) is 27.7. The number of phenols is 4. The molecular weight excluding hydrogens is 744 g/mol. The second-order valence-electron chi connectivity index (χ2n) is 12.4. The van der Waals surface area contributed by atoms with Crippen LogP contribution in [-0.4, -0.2) is 99.7 Å². The Morgan fingerprint density at radius 1 is 0.404 bits per heavy atom. The zero-order chi connectivity index (χ0) is 40.0. The van der Waals surface area contributed by atoms with E-state index in [1.807, 2.05) is 0 Å². The Labute approximate surface area is 325 Å². The molecule has 0 aliphatic carbocycles. The third-order valence-electron chi connectivity index (χ3n) is 8.35. The van der Waals surface area contributed by atoms with Gasteiger partial charge in [0.25, 0.3) is 0 Å². The molecule has 0 bridgehead atoms. The van der Waals surface area contributed by atoms with Crippen molar-refractivity contribution in [2.24, 2.45) is 0 Å². The summed E-state index contributed by atoms with van der Waals surface area (Å²) >= 11 is 0. The maximum Gasteiger partial charge on any atom is 0.197 e. The smallest absolute Gasteiger partial charge is 0.197 e. The number of phenolic OH excluding ortho intramolecular Hbond substituents is 4. The quantitative estimate of drug-likeness (QED) is 0.0619. The van der Waals surface area contributed by atoms with Crippen LogP contribution < -0.4 is 20.3 Å². The van der Waals surface area contributed by atoms with Gasteiger partial charge in [-0.2, -0.15) is 0 Å². The van der Waals surface area contributed by atoms with Crippen LogP contribution >= 0.6 is 0 Å². The fraction of sp³-hybridized carbons (Fsp3) is 0.286. The van der Waals surface area contributed by atoms with Gasteiger partial charge < -0.3 is 62.4 Å². The van der Waals surface area contributed by atoms with Gasteiger partial charge in [-0.3, -0.25) is 9.59 Å². The van der Waals surface area contributed by atoms with Gasteiger partial charge >= 0.3 is 0 Å². The van der Waals surface area contributed by atoms with Crippen LogP contribution in [0.5, 0.6) is 34.5 Å². The fourth-order valence-corrected chi connectivity index (χ4v) is 5.64. The Hall–Kier alpha value is -6.10. The molecule has 2 aromatic heterocycles. The first-order valence-corrected chi connectivity index (χ1v) is 18.1. The lowest BCUT2D eigenvalue weighted by Gasteiger charge is -2.10. The van der Waals surface area contributed by atoms with Crippen molar-refractivity contribution in [3.8, 4) is 57.1 Å². The van der Waals surface area contributed by atoms with E-state index in [0.29, 0.717) is 113 Å². The molecule has 300 valence electrons. The van der Waals surface area contributed by atoms with Crippen LogP contribution in [0, 0.1) is 0 Å². The largest absolute Gasteiger partial charge is 0.508 e. The van der Waals surface area contributed by atoms with Gasteiger partial charge in [0.15, 0.2) is 10.9 Å². The molecule has 4 aromatic carbocycles. The Morgan fingerprint density at radius 3 is 1.05 bits per heavy atom. The maximum absolute atomic E-state index is 12.5. The minimum Gasteiger partial charge on any atom is -0.508 e. The first kappa shape index (κ1) is 40.6. The lowest BCUT2D eigenvalue weighted by molar-refractivity contribution is -0.0141. The molecule has 57 heavy (non-hydrogen) atoms. The third-order valence-corrected chi connectivity index (χ3v) is 8.35. The van der Waals surface area contributed by atoms with Crippen LogP contribution in [0.4, 0.5) is 0 Å². The molecule has 0 unspecified atom stereocenters. The predicted octanol–water partition coefficient (Wildman–Crippen LogP) is 5.60. The fourth-order valence-electron chi connectivity index (χ4n) is 5.64. The van der Waals surface area contributed by atoms with Crippen molar-refractivity contribution in [1.29, 1.82) is 0 Å². The van der Waals surface area contributed by atoms with E-state index in [-0.39, 0.29) is 44.9 Å². The van der Waals surface area contributed by atoms with Gasteiger partial charge in [0.2, 0.25) is 0 Å². The van der Waals surface area contributed by atoms with E-state index >= 15 is 0 Å². The maximum atomic E-state index is 12.5. The molecule has 0 fully saturated rings. The summed E-state index contributed by atoms with van der Waals surface area (Å²) in [4.78, 5) is 24.9. The second kappa shape index (κ2) is 20.2. The van der Waals surface area contributed by atoms with Crippen LogP contribution in [-0.2, 0) is 23.7 Å². The molecule has 0 radical (unpaired) electrons. The zero-order valence-corrected chi connectivity index (χ0v) is 30.8. The molecule has 15 heteroatoms. The summed E-state index contributed by atoms with van der Waals surface area (Å²) in [7, 11) is 0. The summed E-state index contributed by atoms with van der Waals surface area (Å²) in [6.45, 7) is 4.75. The molecule has 6 rings (SSSR count). The highest BCUT2D eigenvalue weighted by molar-refractivity contribution is 5.87. The Bertz CT molecular complexity index is 2170. The molecule has 15 nitrogen and oxygen atoms in total. The third kappa shape index (κ3) is 11.5. The van der Waals surface area contributed by atoms with Gasteiger partial charge in [0, 0.05) is 47.5 Å². The topological polar surface area (TPSA) is 206 Å². The van der Waals surface area contributed by atoms with E-state index in [1.165, 1.54) is 24.3 Å². The number of aromatic hydroxyl groups is 4.